The lowest BCUT2D eigenvalue weighted by Gasteiger charge is -2.25. The largest absolute Gasteiger partial charge is 0.453 e. The van der Waals surface area contributed by atoms with Crippen LogP contribution in [0.5, 0.6) is 11.5 Å². The van der Waals surface area contributed by atoms with Gasteiger partial charge in [-0.3, -0.25) is 9.55 Å². The number of fused-ring (bicyclic) bond motifs is 5. The molecule has 0 N–H and O–H groups in total. The van der Waals surface area contributed by atoms with Gasteiger partial charge < -0.3 is 4.74 Å². The molecule has 9 rings (SSSR count). The zero-order valence-corrected chi connectivity index (χ0v) is 23.0. The molecule has 0 atom stereocenters. The average Bonchev–Trinajstić information content (AvgIpc) is 3.43. The molecule has 3 heterocycles. The molecule has 2 aromatic heterocycles. The van der Waals surface area contributed by atoms with E-state index in [0.29, 0.717) is 0 Å². The van der Waals surface area contributed by atoms with Gasteiger partial charge >= 0.3 is 0 Å². The smallest absolute Gasteiger partial charge is 0.153 e. The van der Waals surface area contributed by atoms with Crippen molar-refractivity contribution in [2.24, 2.45) is 0 Å². The minimum absolute atomic E-state index is 0.816. The Bertz CT molecular complexity index is 2320. The fraction of sp³-hybridized carbons (Fsp3) is 0.0526. The first-order chi connectivity index (χ1) is 20.8. The summed E-state index contributed by atoms with van der Waals surface area (Å²) in [6.45, 7) is 2.17. The Morgan fingerprint density at radius 3 is 1.98 bits per heavy atom. The zero-order chi connectivity index (χ0) is 27.8. The lowest BCUT2D eigenvalue weighted by atomic mass is 9.85. The number of benzene rings is 6. The van der Waals surface area contributed by atoms with Gasteiger partial charge in [0, 0.05) is 29.1 Å². The molecule has 0 aliphatic carbocycles. The van der Waals surface area contributed by atoms with Gasteiger partial charge in [0.15, 0.2) is 11.5 Å². The predicted molar refractivity (Wildman–Crippen MR) is 172 cm³/mol. The second-order valence-electron chi connectivity index (χ2n) is 10.8. The van der Waals surface area contributed by atoms with Gasteiger partial charge in [-0.2, -0.15) is 0 Å². The van der Waals surface area contributed by atoms with Crippen LogP contribution in [0.1, 0.15) is 12.7 Å². The summed E-state index contributed by atoms with van der Waals surface area (Å²) < 4.78 is 8.89. The van der Waals surface area contributed by atoms with Crippen LogP contribution >= 0.6 is 0 Å². The van der Waals surface area contributed by atoms with Crippen LogP contribution < -0.4 is 4.74 Å². The number of para-hydroxylation sites is 3. The van der Waals surface area contributed by atoms with E-state index < -0.39 is 0 Å². The van der Waals surface area contributed by atoms with Crippen LogP contribution in [0.15, 0.2) is 121 Å². The molecule has 0 bridgehead atoms. The van der Waals surface area contributed by atoms with E-state index in [1.54, 1.807) is 0 Å². The van der Waals surface area contributed by atoms with Gasteiger partial charge in [-0.25, -0.2) is 4.98 Å². The monoisotopic (exact) mass is 539 g/mol. The molecule has 0 radical (unpaired) electrons. The van der Waals surface area contributed by atoms with E-state index in [2.05, 4.69) is 109 Å². The minimum atomic E-state index is 0.816. The molecule has 42 heavy (non-hydrogen) atoms. The second kappa shape index (κ2) is 8.76. The number of hydrogen-bond donors (Lipinski definition) is 0. The van der Waals surface area contributed by atoms with Gasteiger partial charge in [0.1, 0.15) is 11.3 Å². The topological polar surface area (TPSA) is 39.9 Å². The summed E-state index contributed by atoms with van der Waals surface area (Å²) >= 11 is 0. The summed E-state index contributed by atoms with van der Waals surface area (Å²) in [5.41, 5.74) is 8.72. The first kappa shape index (κ1) is 23.2. The highest BCUT2D eigenvalue weighted by Crippen LogP contribution is 2.50. The number of ether oxygens (including phenoxy) is 1. The molecule has 4 heteroatoms. The van der Waals surface area contributed by atoms with Crippen molar-refractivity contribution in [1.82, 2.24) is 14.5 Å². The number of rotatable bonds is 3. The summed E-state index contributed by atoms with van der Waals surface area (Å²) in [7, 11) is 0. The number of nitrogens with zero attached hydrogens (tertiary/aromatic N) is 3. The van der Waals surface area contributed by atoms with Crippen LogP contribution in [0.3, 0.4) is 0 Å². The lowest BCUT2D eigenvalue weighted by molar-refractivity contribution is 0.474. The third-order valence-electron chi connectivity index (χ3n) is 8.57. The lowest BCUT2D eigenvalue weighted by Crippen LogP contribution is -2.09. The van der Waals surface area contributed by atoms with Crippen LogP contribution in [-0.2, 0) is 6.42 Å². The van der Waals surface area contributed by atoms with E-state index in [0.717, 1.165) is 62.5 Å². The molecule has 198 valence electrons. The van der Waals surface area contributed by atoms with Gasteiger partial charge in [-0.05, 0) is 56.9 Å². The van der Waals surface area contributed by atoms with Gasteiger partial charge in [0.25, 0.3) is 0 Å². The van der Waals surface area contributed by atoms with Crippen molar-refractivity contribution in [2.75, 3.05) is 0 Å². The van der Waals surface area contributed by atoms with E-state index in [4.69, 9.17) is 14.7 Å². The Kier molecular flexibility index (Phi) is 4.85. The molecule has 0 saturated heterocycles. The van der Waals surface area contributed by atoms with Gasteiger partial charge in [-0.1, -0.05) is 97.9 Å². The Morgan fingerprint density at radius 1 is 0.619 bits per heavy atom. The van der Waals surface area contributed by atoms with E-state index in [1.165, 1.54) is 32.7 Å². The number of aromatic nitrogens is 3. The summed E-state index contributed by atoms with van der Waals surface area (Å²) in [5.74, 6) is 2.72. The standard InChI is InChI=1S/C38H25N3O/c1-2-33-40-30-19-9-21-32-38(30)41(33)37-29(18-8-20-31(37)42-32)35-26-15-5-3-13-24(26)34(25-14-4-6-16-27(25)35)28-17-7-11-23-12-10-22-39-36(23)28/h3-22H,2H2,1H3. The van der Waals surface area contributed by atoms with Crippen LogP contribution in [-0.4, -0.2) is 14.5 Å². The molecular weight excluding hydrogens is 514 g/mol. The molecule has 8 aromatic rings. The Labute approximate surface area is 242 Å². The summed E-state index contributed by atoms with van der Waals surface area (Å²) in [6, 6.07) is 40.7. The SMILES string of the molecule is CCc1nc2cccc3c2n1-c1c(cccc1-c1c2ccccc2c(-c2cccc4cccnc24)c2ccccc12)O3. The fourth-order valence-electron chi connectivity index (χ4n) is 6.87. The maximum atomic E-state index is 6.57. The van der Waals surface area contributed by atoms with Crippen molar-refractivity contribution < 1.29 is 4.74 Å². The first-order valence-corrected chi connectivity index (χ1v) is 14.4. The third kappa shape index (κ3) is 3.12. The van der Waals surface area contributed by atoms with Crippen LogP contribution in [0.2, 0.25) is 0 Å². The highest BCUT2D eigenvalue weighted by Gasteiger charge is 2.28. The Morgan fingerprint density at radius 2 is 1.24 bits per heavy atom. The van der Waals surface area contributed by atoms with Crippen molar-refractivity contribution >= 4 is 43.5 Å². The van der Waals surface area contributed by atoms with Crippen molar-refractivity contribution in [3.8, 4) is 39.4 Å². The molecule has 0 unspecified atom stereocenters. The number of hydrogen-bond acceptors (Lipinski definition) is 3. The van der Waals surface area contributed by atoms with Crippen molar-refractivity contribution in [1.29, 1.82) is 0 Å². The van der Waals surface area contributed by atoms with Gasteiger partial charge in [-0.15, -0.1) is 0 Å². The fourth-order valence-corrected chi connectivity index (χ4v) is 6.87. The minimum Gasteiger partial charge on any atom is -0.453 e. The molecule has 6 aromatic carbocycles. The molecule has 0 spiro atoms. The molecule has 0 saturated carbocycles. The molecule has 1 aliphatic rings. The van der Waals surface area contributed by atoms with Crippen LogP contribution in [0.25, 0.3) is 71.4 Å². The maximum absolute atomic E-state index is 6.57. The van der Waals surface area contributed by atoms with E-state index in [9.17, 15) is 0 Å². The van der Waals surface area contributed by atoms with Gasteiger partial charge in [0.2, 0.25) is 0 Å². The highest BCUT2D eigenvalue weighted by molar-refractivity contribution is 6.24. The van der Waals surface area contributed by atoms with Crippen molar-refractivity contribution in [3.63, 3.8) is 0 Å². The summed E-state index contributed by atoms with van der Waals surface area (Å²) in [6.07, 6.45) is 2.70. The Balaban J connectivity index is 1.45. The van der Waals surface area contributed by atoms with Crippen LogP contribution in [0, 0.1) is 0 Å². The first-order valence-electron chi connectivity index (χ1n) is 14.4. The second-order valence-corrected chi connectivity index (χ2v) is 10.8. The molecule has 0 amide bonds. The van der Waals surface area contributed by atoms with Crippen LogP contribution in [0.4, 0.5) is 0 Å². The molecule has 4 nitrogen and oxygen atoms in total. The quantitative estimate of drug-likeness (QED) is 0.210. The van der Waals surface area contributed by atoms with E-state index in [-0.39, 0.29) is 0 Å². The maximum Gasteiger partial charge on any atom is 0.153 e. The number of aryl methyl sites for hydroxylation is 1. The third-order valence-corrected chi connectivity index (χ3v) is 8.57. The molecule has 0 fully saturated rings. The zero-order valence-electron chi connectivity index (χ0n) is 23.0. The van der Waals surface area contributed by atoms with Crippen molar-refractivity contribution in [2.45, 2.75) is 13.3 Å². The highest BCUT2D eigenvalue weighted by atomic mass is 16.5. The Hall–Kier alpha value is -5.48. The number of pyridine rings is 1. The van der Waals surface area contributed by atoms with E-state index >= 15 is 0 Å². The summed E-state index contributed by atoms with van der Waals surface area (Å²) in [4.78, 5) is 9.86. The normalized spacial score (nSPS) is 12.2. The summed E-state index contributed by atoms with van der Waals surface area (Å²) in [5, 5.41) is 5.93. The molecular formula is C38H25N3O. The van der Waals surface area contributed by atoms with Gasteiger partial charge in [0.05, 0.1) is 16.7 Å². The number of imidazole rings is 1. The predicted octanol–water partition coefficient (Wildman–Crippen LogP) is 9.88. The molecule has 1 aliphatic heterocycles. The van der Waals surface area contributed by atoms with E-state index in [1.807, 2.05) is 24.4 Å². The average molecular weight is 540 g/mol. The van der Waals surface area contributed by atoms with Crippen molar-refractivity contribution in [3.05, 3.63) is 127 Å².